The zero-order chi connectivity index (χ0) is 13.1. The van der Waals surface area contributed by atoms with Gasteiger partial charge in [0, 0.05) is 0 Å². The summed E-state index contributed by atoms with van der Waals surface area (Å²) >= 11 is 0. The maximum Gasteiger partial charge on any atom is 0.153 e. The van der Waals surface area contributed by atoms with Crippen molar-refractivity contribution in [2.24, 2.45) is 0 Å². The maximum atomic E-state index is 13.6. The second kappa shape index (κ2) is 5.13. The normalized spacial score (nSPS) is 10.7. The molecule has 0 radical (unpaired) electrons. The van der Waals surface area contributed by atoms with Gasteiger partial charge in [-0.25, -0.2) is 4.39 Å². The van der Waals surface area contributed by atoms with Crippen molar-refractivity contribution in [2.75, 3.05) is 0 Å². The van der Waals surface area contributed by atoms with Gasteiger partial charge in [-0.3, -0.25) is 4.79 Å². The van der Waals surface area contributed by atoms with E-state index in [9.17, 15) is 9.18 Å². The third kappa shape index (κ3) is 2.33. The zero-order valence-corrected chi connectivity index (χ0v) is 10.5. The highest BCUT2D eigenvalue weighted by atomic mass is 19.1. The van der Waals surface area contributed by atoms with Gasteiger partial charge in [-0.05, 0) is 28.7 Å². The van der Waals surface area contributed by atoms with Gasteiger partial charge in [-0.2, -0.15) is 0 Å². The molecule has 0 saturated heterocycles. The molecule has 0 aromatic heterocycles. The molecule has 0 amide bonds. The Labute approximate surface area is 106 Å². The van der Waals surface area contributed by atoms with Crippen LogP contribution in [0.15, 0.2) is 42.5 Å². The molecule has 0 heterocycles. The summed E-state index contributed by atoms with van der Waals surface area (Å²) in [4.78, 5) is 11.0. The summed E-state index contributed by atoms with van der Waals surface area (Å²) in [6.07, 6.45) is 0.576. The van der Waals surface area contributed by atoms with E-state index in [4.69, 9.17) is 0 Å². The van der Waals surface area contributed by atoms with E-state index in [0.717, 1.165) is 5.56 Å². The summed E-state index contributed by atoms with van der Waals surface area (Å²) < 4.78 is 13.6. The Kier molecular flexibility index (Phi) is 3.56. The van der Waals surface area contributed by atoms with Gasteiger partial charge in [-0.15, -0.1) is 0 Å². The van der Waals surface area contributed by atoms with Crippen molar-refractivity contribution >= 4 is 6.29 Å². The molecule has 0 aliphatic rings. The first-order chi connectivity index (χ1) is 8.63. The van der Waals surface area contributed by atoms with E-state index in [1.165, 1.54) is 11.6 Å². The molecule has 0 unspecified atom stereocenters. The number of hydrogen-bond donors (Lipinski definition) is 0. The number of benzene rings is 2. The Morgan fingerprint density at radius 3 is 2.50 bits per heavy atom. The molecule has 18 heavy (non-hydrogen) atoms. The van der Waals surface area contributed by atoms with Crippen molar-refractivity contribution < 1.29 is 9.18 Å². The van der Waals surface area contributed by atoms with Crippen LogP contribution >= 0.6 is 0 Å². The lowest BCUT2D eigenvalue weighted by Gasteiger charge is -2.10. The van der Waals surface area contributed by atoms with Gasteiger partial charge in [0.2, 0.25) is 0 Å². The smallest absolute Gasteiger partial charge is 0.153 e. The van der Waals surface area contributed by atoms with E-state index in [1.807, 2.05) is 24.3 Å². The molecule has 0 fully saturated rings. The number of rotatable bonds is 3. The molecular formula is C16H15FO. The number of hydrogen-bond acceptors (Lipinski definition) is 1. The van der Waals surface area contributed by atoms with Crippen LogP contribution < -0.4 is 0 Å². The molecule has 0 aliphatic carbocycles. The van der Waals surface area contributed by atoms with Crippen molar-refractivity contribution in [3.8, 4) is 11.1 Å². The van der Waals surface area contributed by atoms with Gasteiger partial charge >= 0.3 is 0 Å². The van der Waals surface area contributed by atoms with Crippen molar-refractivity contribution in [3.63, 3.8) is 0 Å². The van der Waals surface area contributed by atoms with Crippen LogP contribution in [0.4, 0.5) is 4.39 Å². The van der Waals surface area contributed by atoms with Crippen LogP contribution in [-0.4, -0.2) is 6.29 Å². The first kappa shape index (κ1) is 12.5. The maximum absolute atomic E-state index is 13.6. The summed E-state index contributed by atoms with van der Waals surface area (Å²) in [5.74, 6) is -0.0735. The number of aldehydes is 1. The van der Waals surface area contributed by atoms with Crippen molar-refractivity contribution in [2.45, 2.75) is 19.8 Å². The van der Waals surface area contributed by atoms with Gasteiger partial charge in [0.15, 0.2) is 6.29 Å². The van der Waals surface area contributed by atoms with Crippen LogP contribution in [0.2, 0.25) is 0 Å². The molecule has 0 bridgehead atoms. The SMILES string of the molecule is CC(C)c1cccc(-c2cccc(F)c2C=O)c1. The van der Waals surface area contributed by atoms with Gasteiger partial charge in [0.25, 0.3) is 0 Å². The minimum Gasteiger partial charge on any atom is -0.298 e. The topological polar surface area (TPSA) is 17.1 Å². The molecule has 0 aliphatic heterocycles. The van der Waals surface area contributed by atoms with E-state index in [0.29, 0.717) is 17.8 Å². The Bertz CT molecular complexity index is 573. The summed E-state index contributed by atoms with van der Waals surface area (Å²) in [5, 5.41) is 0. The highest BCUT2D eigenvalue weighted by Gasteiger charge is 2.10. The first-order valence-electron chi connectivity index (χ1n) is 5.97. The van der Waals surface area contributed by atoms with Crippen molar-refractivity contribution in [1.29, 1.82) is 0 Å². The Morgan fingerprint density at radius 1 is 1.11 bits per heavy atom. The van der Waals surface area contributed by atoms with Crippen LogP contribution in [-0.2, 0) is 0 Å². The highest BCUT2D eigenvalue weighted by Crippen LogP contribution is 2.27. The molecule has 0 spiro atoms. The third-order valence-electron chi connectivity index (χ3n) is 3.04. The molecule has 0 atom stereocenters. The number of halogens is 1. The fraction of sp³-hybridized carbons (Fsp3) is 0.188. The lowest BCUT2D eigenvalue weighted by molar-refractivity contribution is 0.112. The minimum atomic E-state index is -0.475. The predicted octanol–water partition coefficient (Wildman–Crippen LogP) is 4.43. The number of carbonyl (C=O) groups is 1. The van der Waals surface area contributed by atoms with E-state index in [2.05, 4.69) is 13.8 Å². The van der Waals surface area contributed by atoms with Gasteiger partial charge in [-0.1, -0.05) is 50.2 Å². The summed E-state index contributed by atoms with van der Waals surface area (Å²) in [5.41, 5.74) is 2.82. The lowest BCUT2D eigenvalue weighted by Crippen LogP contribution is -1.94. The van der Waals surface area contributed by atoms with Crippen molar-refractivity contribution in [1.82, 2.24) is 0 Å². The molecule has 0 saturated carbocycles. The van der Waals surface area contributed by atoms with Crippen LogP contribution in [0.5, 0.6) is 0 Å². The van der Waals surface area contributed by atoms with E-state index < -0.39 is 5.82 Å². The second-order valence-corrected chi connectivity index (χ2v) is 4.60. The molecule has 2 rings (SSSR count). The standard InChI is InChI=1S/C16H15FO/c1-11(2)12-5-3-6-13(9-12)14-7-4-8-16(17)15(14)10-18/h3-11H,1-2H3. The van der Waals surface area contributed by atoms with Crippen molar-refractivity contribution in [3.05, 3.63) is 59.4 Å². The Hall–Kier alpha value is -1.96. The molecular weight excluding hydrogens is 227 g/mol. The van der Waals surface area contributed by atoms with Gasteiger partial charge in [0.1, 0.15) is 5.82 Å². The quantitative estimate of drug-likeness (QED) is 0.728. The predicted molar refractivity (Wildman–Crippen MR) is 71.3 cm³/mol. The zero-order valence-electron chi connectivity index (χ0n) is 10.5. The molecule has 2 aromatic carbocycles. The molecule has 0 N–H and O–H groups in total. The largest absolute Gasteiger partial charge is 0.298 e. The summed E-state index contributed by atoms with van der Waals surface area (Å²) in [6, 6.07) is 12.6. The van der Waals surface area contributed by atoms with E-state index in [-0.39, 0.29) is 5.56 Å². The Morgan fingerprint density at radius 2 is 1.83 bits per heavy atom. The van der Waals surface area contributed by atoms with Gasteiger partial charge in [0.05, 0.1) is 5.56 Å². The second-order valence-electron chi connectivity index (χ2n) is 4.60. The fourth-order valence-corrected chi connectivity index (χ4v) is 1.97. The Balaban J connectivity index is 2.58. The molecule has 1 nitrogen and oxygen atoms in total. The van der Waals surface area contributed by atoms with E-state index >= 15 is 0 Å². The average molecular weight is 242 g/mol. The van der Waals surface area contributed by atoms with E-state index in [1.54, 1.807) is 12.1 Å². The average Bonchev–Trinajstić information content (AvgIpc) is 2.38. The minimum absolute atomic E-state index is 0.124. The van der Waals surface area contributed by atoms with Crippen LogP contribution in [0.3, 0.4) is 0 Å². The van der Waals surface area contributed by atoms with Crippen LogP contribution in [0.25, 0.3) is 11.1 Å². The monoisotopic (exact) mass is 242 g/mol. The molecule has 2 aromatic rings. The number of carbonyl (C=O) groups excluding carboxylic acids is 1. The third-order valence-corrected chi connectivity index (χ3v) is 3.04. The summed E-state index contributed by atoms with van der Waals surface area (Å²) in [7, 11) is 0. The van der Waals surface area contributed by atoms with Crippen LogP contribution in [0, 0.1) is 5.82 Å². The lowest BCUT2D eigenvalue weighted by atomic mass is 9.95. The van der Waals surface area contributed by atoms with Crippen LogP contribution in [0.1, 0.15) is 35.7 Å². The van der Waals surface area contributed by atoms with Gasteiger partial charge < -0.3 is 0 Å². The fourth-order valence-electron chi connectivity index (χ4n) is 1.97. The highest BCUT2D eigenvalue weighted by molar-refractivity contribution is 5.87. The first-order valence-corrected chi connectivity index (χ1v) is 5.97. The molecule has 2 heteroatoms. The summed E-state index contributed by atoms with van der Waals surface area (Å²) in [6.45, 7) is 4.21. The molecule has 92 valence electrons.